The highest BCUT2D eigenvalue weighted by molar-refractivity contribution is 6.00. The molecule has 0 amide bonds. The highest BCUT2D eigenvalue weighted by atomic mass is 16.5. The van der Waals surface area contributed by atoms with Crippen molar-refractivity contribution in [2.75, 3.05) is 7.11 Å². The molecule has 0 N–H and O–H groups in total. The Hall–Kier alpha value is -2.74. The SMILES string of the molecule is COC(=O)Cn1cnc2c(oc3nc4c(cc32)COC(C)(C)C4)c1=O. The third-order valence-corrected chi connectivity index (χ3v) is 4.35. The van der Waals surface area contributed by atoms with E-state index in [2.05, 4.69) is 14.7 Å². The molecule has 0 saturated heterocycles. The summed E-state index contributed by atoms with van der Waals surface area (Å²) >= 11 is 0. The lowest BCUT2D eigenvalue weighted by Gasteiger charge is -2.30. The standard InChI is InChI=1S/C17H17N3O5/c1-17(2)5-11-9(7-24-17)4-10-13-14(25-15(10)19-11)16(22)20(8-18-13)6-12(21)23-3/h4,8H,5-7H2,1-3H3. The highest BCUT2D eigenvalue weighted by Gasteiger charge is 2.28. The lowest BCUT2D eigenvalue weighted by Crippen LogP contribution is -2.32. The maximum atomic E-state index is 12.5. The molecule has 0 bridgehead atoms. The van der Waals surface area contributed by atoms with Crippen molar-refractivity contribution >= 4 is 28.2 Å². The molecule has 3 aromatic rings. The van der Waals surface area contributed by atoms with E-state index in [9.17, 15) is 9.59 Å². The molecule has 0 saturated carbocycles. The topological polar surface area (TPSA) is 96.5 Å². The Labute approximate surface area is 142 Å². The van der Waals surface area contributed by atoms with Crippen LogP contribution >= 0.6 is 0 Å². The predicted molar refractivity (Wildman–Crippen MR) is 88.2 cm³/mol. The number of hydrogen-bond acceptors (Lipinski definition) is 7. The average molecular weight is 343 g/mol. The van der Waals surface area contributed by atoms with Crippen molar-refractivity contribution in [1.82, 2.24) is 14.5 Å². The summed E-state index contributed by atoms with van der Waals surface area (Å²) in [5.41, 5.74) is 2.02. The van der Waals surface area contributed by atoms with Crippen LogP contribution in [-0.2, 0) is 33.8 Å². The van der Waals surface area contributed by atoms with Gasteiger partial charge in [0.05, 0.1) is 36.7 Å². The molecule has 4 rings (SSSR count). The molecule has 4 heterocycles. The summed E-state index contributed by atoms with van der Waals surface area (Å²) in [6.45, 7) is 4.25. The maximum absolute atomic E-state index is 12.5. The molecule has 25 heavy (non-hydrogen) atoms. The van der Waals surface area contributed by atoms with Gasteiger partial charge in [0.1, 0.15) is 12.1 Å². The number of fused-ring (bicyclic) bond motifs is 4. The highest BCUT2D eigenvalue weighted by Crippen LogP contribution is 2.31. The van der Waals surface area contributed by atoms with Gasteiger partial charge in [0, 0.05) is 12.0 Å². The number of pyridine rings is 1. The first-order valence-electron chi connectivity index (χ1n) is 7.89. The zero-order valence-corrected chi connectivity index (χ0v) is 14.2. The quantitative estimate of drug-likeness (QED) is 0.651. The Kier molecular flexibility index (Phi) is 3.40. The van der Waals surface area contributed by atoms with Crippen molar-refractivity contribution < 1.29 is 18.7 Å². The summed E-state index contributed by atoms with van der Waals surface area (Å²) in [4.78, 5) is 32.8. The number of carbonyl (C=O) groups excluding carboxylic acids is 1. The lowest BCUT2D eigenvalue weighted by atomic mass is 9.95. The van der Waals surface area contributed by atoms with Crippen molar-refractivity contribution in [1.29, 1.82) is 0 Å². The molecule has 0 spiro atoms. The molecule has 0 unspecified atom stereocenters. The van der Waals surface area contributed by atoms with Gasteiger partial charge in [0.2, 0.25) is 11.3 Å². The Balaban J connectivity index is 1.89. The van der Waals surface area contributed by atoms with Gasteiger partial charge in [-0.05, 0) is 19.9 Å². The minimum atomic E-state index is -0.535. The van der Waals surface area contributed by atoms with Crippen molar-refractivity contribution in [2.45, 2.75) is 39.0 Å². The fraction of sp³-hybridized carbons (Fsp3) is 0.412. The molecule has 3 aromatic heterocycles. The number of carbonyl (C=O) groups is 1. The molecule has 1 aliphatic rings. The van der Waals surface area contributed by atoms with Gasteiger partial charge >= 0.3 is 5.97 Å². The zero-order valence-electron chi connectivity index (χ0n) is 14.2. The van der Waals surface area contributed by atoms with Crippen LogP contribution in [0.3, 0.4) is 0 Å². The third kappa shape index (κ3) is 2.58. The van der Waals surface area contributed by atoms with E-state index in [4.69, 9.17) is 9.15 Å². The number of nitrogens with zero attached hydrogens (tertiary/aromatic N) is 3. The number of hydrogen-bond donors (Lipinski definition) is 0. The molecular weight excluding hydrogens is 326 g/mol. The number of rotatable bonds is 2. The summed E-state index contributed by atoms with van der Waals surface area (Å²) in [6.07, 6.45) is 1.98. The fourth-order valence-corrected chi connectivity index (χ4v) is 2.99. The number of methoxy groups -OCH3 is 1. The van der Waals surface area contributed by atoms with Crippen molar-refractivity contribution in [2.24, 2.45) is 0 Å². The van der Waals surface area contributed by atoms with Crippen LogP contribution in [0.25, 0.3) is 22.2 Å². The van der Waals surface area contributed by atoms with Gasteiger partial charge in [-0.2, -0.15) is 0 Å². The minimum absolute atomic E-state index is 0.0800. The summed E-state index contributed by atoms with van der Waals surface area (Å²) in [5, 5.41) is 0.666. The second-order valence-corrected chi connectivity index (χ2v) is 6.71. The zero-order chi connectivity index (χ0) is 17.8. The predicted octanol–water partition coefficient (Wildman–Crippen LogP) is 1.56. The first-order chi connectivity index (χ1) is 11.9. The summed E-state index contributed by atoms with van der Waals surface area (Å²) in [6, 6.07) is 1.91. The van der Waals surface area contributed by atoms with Crippen LogP contribution in [0.2, 0.25) is 0 Å². The summed E-state index contributed by atoms with van der Waals surface area (Å²) < 4.78 is 17.2. The Morgan fingerprint density at radius 2 is 2.24 bits per heavy atom. The fourth-order valence-electron chi connectivity index (χ4n) is 2.99. The van der Waals surface area contributed by atoms with Crippen molar-refractivity contribution in [3.05, 3.63) is 34.0 Å². The lowest BCUT2D eigenvalue weighted by molar-refractivity contribution is -0.141. The van der Waals surface area contributed by atoms with Crippen molar-refractivity contribution in [3.8, 4) is 0 Å². The number of furan rings is 1. The third-order valence-electron chi connectivity index (χ3n) is 4.35. The molecule has 0 fully saturated rings. The van der Waals surface area contributed by atoms with E-state index in [1.165, 1.54) is 13.4 Å². The van der Waals surface area contributed by atoms with E-state index < -0.39 is 11.5 Å². The van der Waals surface area contributed by atoms with Gasteiger partial charge in [-0.3, -0.25) is 14.2 Å². The monoisotopic (exact) mass is 343 g/mol. The van der Waals surface area contributed by atoms with Crippen LogP contribution in [0, 0.1) is 0 Å². The summed E-state index contributed by atoms with van der Waals surface area (Å²) in [5.74, 6) is -0.535. The first-order valence-corrected chi connectivity index (χ1v) is 7.89. The molecule has 0 radical (unpaired) electrons. The second kappa shape index (κ2) is 5.38. The summed E-state index contributed by atoms with van der Waals surface area (Å²) in [7, 11) is 1.26. The number of ether oxygens (including phenoxy) is 2. The van der Waals surface area contributed by atoms with Gasteiger partial charge in [0.25, 0.3) is 5.56 Å². The Morgan fingerprint density at radius 3 is 3.00 bits per heavy atom. The molecule has 0 atom stereocenters. The smallest absolute Gasteiger partial charge is 0.325 e. The van der Waals surface area contributed by atoms with Crippen LogP contribution in [0.5, 0.6) is 0 Å². The average Bonchev–Trinajstić information content (AvgIpc) is 2.92. The van der Waals surface area contributed by atoms with E-state index in [-0.39, 0.29) is 17.7 Å². The van der Waals surface area contributed by atoms with E-state index in [0.717, 1.165) is 15.8 Å². The molecule has 0 aliphatic carbocycles. The van der Waals surface area contributed by atoms with E-state index >= 15 is 0 Å². The van der Waals surface area contributed by atoms with Gasteiger partial charge in [-0.1, -0.05) is 0 Å². The largest absolute Gasteiger partial charge is 0.468 e. The maximum Gasteiger partial charge on any atom is 0.325 e. The van der Waals surface area contributed by atoms with E-state index in [1.807, 2.05) is 19.9 Å². The molecule has 8 nitrogen and oxygen atoms in total. The number of aromatic nitrogens is 3. The van der Waals surface area contributed by atoms with Crippen LogP contribution < -0.4 is 5.56 Å². The Morgan fingerprint density at radius 1 is 1.44 bits per heavy atom. The Bertz CT molecular complexity index is 1060. The van der Waals surface area contributed by atoms with Gasteiger partial charge in [0.15, 0.2) is 0 Å². The minimum Gasteiger partial charge on any atom is -0.468 e. The van der Waals surface area contributed by atoms with Crippen LogP contribution in [0.15, 0.2) is 21.6 Å². The van der Waals surface area contributed by atoms with Crippen LogP contribution in [-0.4, -0.2) is 33.2 Å². The molecular formula is C17H17N3O5. The normalized spacial score (nSPS) is 16.1. The molecule has 0 aromatic carbocycles. The second-order valence-electron chi connectivity index (χ2n) is 6.71. The van der Waals surface area contributed by atoms with Crippen LogP contribution in [0.1, 0.15) is 25.1 Å². The first kappa shape index (κ1) is 15.8. The molecule has 130 valence electrons. The van der Waals surface area contributed by atoms with Gasteiger partial charge in [-0.15, -0.1) is 0 Å². The van der Waals surface area contributed by atoms with E-state index in [1.54, 1.807) is 0 Å². The van der Waals surface area contributed by atoms with Gasteiger partial charge in [-0.25, -0.2) is 9.97 Å². The van der Waals surface area contributed by atoms with Crippen molar-refractivity contribution in [3.63, 3.8) is 0 Å². The molecule has 8 heteroatoms. The van der Waals surface area contributed by atoms with E-state index in [0.29, 0.717) is 29.6 Å². The van der Waals surface area contributed by atoms with Gasteiger partial charge < -0.3 is 13.9 Å². The molecule has 1 aliphatic heterocycles. The van der Waals surface area contributed by atoms with Crippen LogP contribution in [0.4, 0.5) is 0 Å². The number of esters is 1.